The fourth-order valence-electron chi connectivity index (χ4n) is 3.80. The molecule has 0 aromatic rings. The molecule has 22 heavy (non-hydrogen) atoms. The van der Waals surface area contributed by atoms with Gasteiger partial charge in [-0.2, -0.15) is 0 Å². The van der Waals surface area contributed by atoms with Crippen LogP contribution < -0.4 is 0 Å². The van der Waals surface area contributed by atoms with Gasteiger partial charge in [-0.15, -0.1) is 0 Å². The molecule has 0 rings (SSSR count). The standard InChI is InChI=1S/C20H46N2/c1-8-9-10-11-12-13-14-15-16-17-18-19-20(21(2,3)4)22(5,6)7/h20H,8-19H2,1-7H3/q+2. The Kier molecular flexibility index (Phi) is 11.4. The molecule has 0 saturated carbocycles. The van der Waals surface area contributed by atoms with E-state index in [0.29, 0.717) is 6.17 Å². The van der Waals surface area contributed by atoms with Crippen LogP contribution in [-0.2, 0) is 0 Å². The minimum atomic E-state index is 0.707. The molecule has 0 unspecified atom stereocenters. The van der Waals surface area contributed by atoms with Crippen molar-refractivity contribution in [1.82, 2.24) is 0 Å². The van der Waals surface area contributed by atoms with Gasteiger partial charge in [-0.25, -0.2) is 0 Å². The molecule has 0 radical (unpaired) electrons. The lowest BCUT2D eigenvalue weighted by Crippen LogP contribution is -2.60. The van der Waals surface area contributed by atoms with Crippen LogP contribution in [0.25, 0.3) is 0 Å². The summed E-state index contributed by atoms with van der Waals surface area (Å²) in [5.41, 5.74) is 0. The zero-order valence-electron chi connectivity index (χ0n) is 17.0. The van der Waals surface area contributed by atoms with Crippen molar-refractivity contribution in [3.63, 3.8) is 0 Å². The molecule has 0 aromatic carbocycles. The molecule has 0 aliphatic rings. The molecular weight excluding hydrogens is 268 g/mol. The molecule has 0 spiro atoms. The Bertz CT molecular complexity index is 233. The van der Waals surface area contributed by atoms with E-state index in [1.54, 1.807) is 0 Å². The van der Waals surface area contributed by atoms with Crippen molar-refractivity contribution in [2.75, 3.05) is 42.3 Å². The molecule has 0 saturated heterocycles. The molecule has 134 valence electrons. The molecule has 0 aliphatic heterocycles. The Labute approximate surface area is 142 Å². The quantitative estimate of drug-likeness (QED) is 0.228. The predicted molar refractivity (Wildman–Crippen MR) is 101 cm³/mol. The van der Waals surface area contributed by atoms with Crippen LogP contribution in [0.15, 0.2) is 0 Å². The van der Waals surface area contributed by atoms with Gasteiger partial charge >= 0.3 is 0 Å². The van der Waals surface area contributed by atoms with E-state index >= 15 is 0 Å². The summed E-state index contributed by atoms with van der Waals surface area (Å²) < 4.78 is 2.14. The molecule has 0 N–H and O–H groups in total. The fraction of sp³-hybridized carbons (Fsp3) is 1.00. The zero-order chi connectivity index (χ0) is 17.1. The van der Waals surface area contributed by atoms with Gasteiger partial charge in [0.25, 0.3) is 0 Å². The third-order valence-corrected chi connectivity index (χ3v) is 4.85. The van der Waals surface area contributed by atoms with Crippen molar-refractivity contribution in [2.24, 2.45) is 0 Å². The molecule has 0 aromatic heterocycles. The van der Waals surface area contributed by atoms with Crippen LogP contribution in [0, 0.1) is 0 Å². The lowest BCUT2D eigenvalue weighted by molar-refractivity contribution is -1.09. The summed E-state index contributed by atoms with van der Waals surface area (Å²) in [7, 11) is 14.0. The normalized spacial score (nSPS) is 13.1. The Morgan fingerprint density at radius 2 is 0.818 bits per heavy atom. The first-order valence-electron chi connectivity index (χ1n) is 9.82. The van der Waals surface area contributed by atoms with Crippen molar-refractivity contribution in [3.05, 3.63) is 0 Å². The monoisotopic (exact) mass is 314 g/mol. The smallest absolute Gasteiger partial charge is 0.215 e. The first kappa shape index (κ1) is 21.9. The molecule has 0 bridgehead atoms. The SMILES string of the molecule is CCCCCCCCCCCCCC([N+](C)(C)C)[N+](C)(C)C. The van der Waals surface area contributed by atoms with Crippen LogP contribution in [0.2, 0.25) is 0 Å². The number of nitrogens with zero attached hydrogens (tertiary/aromatic N) is 2. The van der Waals surface area contributed by atoms with Crippen LogP contribution >= 0.6 is 0 Å². The van der Waals surface area contributed by atoms with Gasteiger partial charge in [0.05, 0.1) is 48.7 Å². The van der Waals surface area contributed by atoms with Crippen molar-refractivity contribution in [3.8, 4) is 0 Å². The van der Waals surface area contributed by atoms with E-state index in [2.05, 4.69) is 49.2 Å². The summed E-state index contributed by atoms with van der Waals surface area (Å²) in [6, 6.07) is 0. The van der Waals surface area contributed by atoms with Gasteiger partial charge in [0.2, 0.25) is 6.17 Å². The molecule has 0 amide bonds. The van der Waals surface area contributed by atoms with Gasteiger partial charge in [-0.1, -0.05) is 71.1 Å². The first-order valence-corrected chi connectivity index (χ1v) is 9.82. The minimum Gasteiger partial charge on any atom is -0.282 e. The molecule has 2 nitrogen and oxygen atoms in total. The number of rotatable bonds is 14. The van der Waals surface area contributed by atoms with Crippen molar-refractivity contribution in [1.29, 1.82) is 0 Å². The summed E-state index contributed by atoms with van der Waals surface area (Å²) >= 11 is 0. The Morgan fingerprint density at radius 1 is 0.500 bits per heavy atom. The van der Waals surface area contributed by atoms with Crippen LogP contribution in [-0.4, -0.2) is 57.4 Å². The Hall–Kier alpha value is -0.0800. The number of quaternary nitrogens is 2. The van der Waals surface area contributed by atoms with Gasteiger partial charge in [0, 0.05) is 0 Å². The molecule has 0 fully saturated rings. The summed E-state index contributed by atoms with van der Waals surface area (Å²) in [5, 5.41) is 0. The Balaban J connectivity index is 3.59. The van der Waals surface area contributed by atoms with Crippen molar-refractivity contribution in [2.45, 2.75) is 90.1 Å². The lowest BCUT2D eigenvalue weighted by Gasteiger charge is -2.42. The van der Waals surface area contributed by atoms with E-state index in [0.717, 1.165) is 8.97 Å². The van der Waals surface area contributed by atoms with Gasteiger partial charge in [0.1, 0.15) is 0 Å². The van der Waals surface area contributed by atoms with E-state index in [1.807, 2.05) is 0 Å². The largest absolute Gasteiger partial charge is 0.282 e. The van der Waals surface area contributed by atoms with Crippen LogP contribution in [0.1, 0.15) is 84.0 Å². The topological polar surface area (TPSA) is 0 Å². The van der Waals surface area contributed by atoms with Gasteiger partial charge in [0.15, 0.2) is 0 Å². The number of hydrogen-bond acceptors (Lipinski definition) is 0. The number of unbranched alkanes of at least 4 members (excludes halogenated alkanes) is 10. The maximum Gasteiger partial charge on any atom is 0.215 e. The third kappa shape index (κ3) is 11.5. The highest BCUT2D eigenvalue weighted by Gasteiger charge is 2.34. The van der Waals surface area contributed by atoms with Gasteiger partial charge in [-0.05, 0) is 6.42 Å². The van der Waals surface area contributed by atoms with Crippen LogP contribution in [0.3, 0.4) is 0 Å². The van der Waals surface area contributed by atoms with E-state index < -0.39 is 0 Å². The van der Waals surface area contributed by atoms with Gasteiger partial charge < -0.3 is 0 Å². The highest BCUT2D eigenvalue weighted by Crippen LogP contribution is 2.20. The summed E-state index contributed by atoms with van der Waals surface area (Å²) in [4.78, 5) is 0. The van der Waals surface area contributed by atoms with E-state index in [4.69, 9.17) is 0 Å². The fourth-order valence-corrected chi connectivity index (χ4v) is 3.80. The predicted octanol–water partition coefficient (Wildman–Crippen LogP) is 5.43. The highest BCUT2D eigenvalue weighted by molar-refractivity contribution is 4.51. The first-order chi connectivity index (χ1) is 10.2. The summed E-state index contributed by atoms with van der Waals surface area (Å²) in [6.07, 6.45) is 17.9. The molecular formula is C20H46N2+2. The lowest BCUT2D eigenvalue weighted by atomic mass is 10.0. The summed E-state index contributed by atoms with van der Waals surface area (Å²) in [5.74, 6) is 0. The maximum atomic E-state index is 2.34. The second-order valence-electron chi connectivity index (χ2n) is 9.04. The Morgan fingerprint density at radius 3 is 1.14 bits per heavy atom. The van der Waals surface area contributed by atoms with Crippen LogP contribution in [0.4, 0.5) is 0 Å². The van der Waals surface area contributed by atoms with E-state index in [1.165, 1.54) is 77.0 Å². The molecule has 0 atom stereocenters. The highest BCUT2D eigenvalue weighted by atomic mass is 15.5. The molecule has 0 heterocycles. The second-order valence-corrected chi connectivity index (χ2v) is 9.04. The van der Waals surface area contributed by atoms with Crippen molar-refractivity contribution >= 4 is 0 Å². The second kappa shape index (κ2) is 11.5. The van der Waals surface area contributed by atoms with Crippen LogP contribution in [0.5, 0.6) is 0 Å². The maximum absolute atomic E-state index is 2.34. The van der Waals surface area contributed by atoms with E-state index in [9.17, 15) is 0 Å². The minimum absolute atomic E-state index is 0.707. The third-order valence-electron chi connectivity index (χ3n) is 4.85. The average Bonchev–Trinajstić information content (AvgIpc) is 2.37. The molecule has 0 aliphatic carbocycles. The zero-order valence-corrected chi connectivity index (χ0v) is 17.0. The average molecular weight is 315 g/mol. The summed E-state index contributed by atoms with van der Waals surface area (Å²) in [6.45, 7) is 2.29. The molecule has 2 heteroatoms. The van der Waals surface area contributed by atoms with E-state index in [-0.39, 0.29) is 0 Å². The van der Waals surface area contributed by atoms with Crippen molar-refractivity contribution < 1.29 is 8.97 Å². The van der Waals surface area contributed by atoms with Gasteiger partial charge in [-0.3, -0.25) is 8.97 Å². The number of hydrogen-bond donors (Lipinski definition) is 0.